The molecule has 0 aliphatic carbocycles. The van der Waals surface area contributed by atoms with Crippen molar-refractivity contribution in [3.63, 3.8) is 0 Å². The predicted octanol–water partition coefficient (Wildman–Crippen LogP) is 3.08. The number of rotatable bonds is 9. The summed E-state index contributed by atoms with van der Waals surface area (Å²) in [7, 11) is 5.00. The lowest BCUT2D eigenvalue weighted by Crippen LogP contribution is -2.37. The molecule has 1 aromatic heterocycles. The van der Waals surface area contributed by atoms with Gasteiger partial charge >= 0.3 is 0 Å². The highest BCUT2D eigenvalue weighted by atomic mass is 32.1. The van der Waals surface area contributed by atoms with E-state index in [0.29, 0.717) is 30.4 Å². The Bertz CT molecular complexity index is 760. The van der Waals surface area contributed by atoms with Gasteiger partial charge in [0.25, 0.3) is 0 Å². The van der Waals surface area contributed by atoms with Gasteiger partial charge in [0.2, 0.25) is 5.75 Å². The lowest BCUT2D eigenvalue weighted by molar-refractivity contribution is 0.288. The average molecular weight is 407 g/mol. The third-order valence-electron chi connectivity index (χ3n) is 4.20. The first-order valence-electron chi connectivity index (χ1n) is 9.27. The van der Waals surface area contributed by atoms with Gasteiger partial charge < -0.3 is 24.8 Å². The van der Waals surface area contributed by atoms with Crippen molar-refractivity contribution < 1.29 is 14.2 Å². The van der Waals surface area contributed by atoms with Gasteiger partial charge in [0.05, 0.1) is 31.5 Å². The molecule has 0 aliphatic rings. The van der Waals surface area contributed by atoms with Gasteiger partial charge in [-0.25, -0.2) is 4.98 Å². The molecule has 1 heterocycles. The Hall–Kier alpha value is -2.48. The maximum atomic E-state index is 5.65. The van der Waals surface area contributed by atoms with Gasteiger partial charge in [-0.05, 0) is 38.5 Å². The van der Waals surface area contributed by atoms with Crippen molar-refractivity contribution in [2.45, 2.75) is 33.7 Å². The third-order valence-corrected chi connectivity index (χ3v) is 5.33. The van der Waals surface area contributed by atoms with Crippen LogP contribution in [0.5, 0.6) is 17.2 Å². The topological polar surface area (TPSA) is 77.0 Å². The highest BCUT2D eigenvalue weighted by Crippen LogP contribution is 2.38. The summed E-state index contributed by atoms with van der Waals surface area (Å²) in [4.78, 5) is 10.1. The zero-order valence-corrected chi connectivity index (χ0v) is 18.3. The molecule has 0 amide bonds. The second-order valence-electron chi connectivity index (χ2n) is 6.11. The summed E-state index contributed by atoms with van der Waals surface area (Å²) >= 11 is 1.75. The maximum absolute atomic E-state index is 5.65. The van der Waals surface area contributed by atoms with Gasteiger partial charge in [0.15, 0.2) is 17.5 Å². The second kappa shape index (κ2) is 10.8. The number of guanidine groups is 1. The molecule has 0 saturated carbocycles. The summed E-state index contributed by atoms with van der Waals surface area (Å²) in [6.07, 6.45) is 0.866. The van der Waals surface area contributed by atoms with E-state index in [2.05, 4.69) is 27.5 Å². The highest BCUT2D eigenvalue weighted by molar-refractivity contribution is 7.11. The van der Waals surface area contributed by atoms with Crippen LogP contribution in [-0.2, 0) is 13.0 Å². The molecule has 1 aromatic carbocycles. The molecule has 0 radical (unpaired) electrons. The molecular formula is C20H30N4O3S. The number of thiazole rings is 1. The Labute approximate surface area is 171 Å². The molecule has 2 N–H and O–H groups in total. The van der Waals surface area contributed by atoms with Crippen molar-refractivity contribution in [1.82, 2.24) is 15.6 Å². The Balaban J connectivity index is 1.95. The molecule has 2 aromatic rings. The van der Waals surface area contributed by atoms with Gasteiger partial charge in [-0.15, -0.1) is 11.3 Å². The van der Waals surface area contributed by atoms with Gasteiger partial charge in [0, 0.05) is 31.4 Å². The van der Waals surface area contributed by atoms with Crippen molar-refractivity contribution in [3.05, 3.63) is 33.3 Å². The Morgan fingerprint density at radius 2 is 1.82 bits per heavy atom. The summed E-state index contributed by atoms with van der Waals surface area (Å²) in [6, 6.07) is 3.88. The van der Waals surface area contributed by atoms with E-state index in [9.17, 15) is 0 Å². The Kier molecular flexibility index (Phi) is 8.38. The fourth-order valence-electron chi connectivity index (χ4n) is 2.66. The first-order chi connectivity index (χ1) is 13.5. The fourth-order valence-corrected chi connectivity index (χ4v) is 3.60. The number of hydrogen-bond donors (Lipinski definition) is 2. The smallest absolute Gasteiger partial charge is 0.203 e. The third kappa shape index (κ3) is 5.76. The molecule has 154 valence electrons. The number of methoxy groups -OCH3 is 2. The van der Waals surface area contributed by atoms with Crippen molar-refractivity contribution in [1.29, 1.82) is 0 Å². The first-order valence-corrected chi connectivity index (χ1v) is 10.1. The predicted molar refractivity (Wildman–Crippen MR) is 114 cm³/mol. The molecule has 28 heavy (non-hydrogen) atoms. The van der Waals surface area contributed by atoms with Crippen LogP contribution in [0.2, 0.25) is 0 Å². The average Bonchev–Trinajstić information content (AvgIpc) is 3.02. The van der Waals surface area contributed by atoms with Crippen LogP contribution in [0.3, 0.4) is 0 Å². The molecule has 2 rings (SSSR count). The van der Waals surface area contributed by atoms with E-state index in [1.165, 1.54) is 4.88 Å². The summed E-state index contributed by atoms with van der Waals surface area (Å²) in [6.45, 7) is 7.96. The fraction of sp³-hybridized carbons (Fsp3) is 0.500. The van der Waals surface area contributed by atoms with E-state index < -0.39 is 0 Å². The standard InChI is InChI=1S/C20H30N4O3S/c1-7-27-19-16(25-5)10-15(11-17(19)26-6)12-23-20(21-4)22-9-8-18-24-13(2)14(3)28-18/h10-11H,7-9,12H2,1-6H3,(H2,21,22,23). The van der Waals surface area contributed by atoms with E-state index in [0.717, 1.165) is 35.2 Å². The second-order valence-corrected chi connectivity index (χ2v) is 7.40. The molecule has 0 atom stereocenters. The number of aryl methyl sites for hydroxylation is 2. The number of nitrogens with one attached hydrogen (secondary N) is 2. The number of aliphatic imine (C=N–C) groups is 1. The van der Waals surface area contributed by atoms with Crippen LogP contribution >= 0.6 is 11.3 Å². The van der Waals surface area contributed by atoms with Gasteiger partial charge in [-0.3, -0.25) is 4.99 Å². The van der Waals surface area contributed by atoms with Crippen LogP contribution < -0.4 is 24.8 Å². The van der Waals surface area contributed by atoms with E-state index in [-0.39, 0.29) is 0 Å². The molecule has 0 unspecified atom stereocenters. The minimum atomic E-state index is 0.541. The lowest BCUT2D eigenvalue weighted by atomic mass is 10.2. The SMILES string of the molecule is CCOc1c(OC)cc(CNC(=NC)NCCc2nc(C)c(C)s2)cc1OC. The molecule has 0 bridgehead atoms. The molecular weight excluding hydrogens is 376 g/mol. The summed E-state index contributed by atoms with van der Waals surface area (Å²) in [5.74, 6) is 2.65. The van der Waals surface area contributed by atoms with Crippen LogP contribution in [0.25, 0.3) is 0 Å². The van der Waals surface area contributed by atoms with E-state index >= 15 is 0 Å². The van der Waals surface area contributed by atoms with Crippen molar-refractivity contribution in [2.75, 3.05) is 34.4 Å². The Morgan fingerprint density at radius 1 is 1.14 bits per heavy atom. The normalized spacial score (nSPS) is 11.3. The van der Waals surface area contributed by atoms with E-state index in [1.807, 2.05) is 26.0 Å². The lowest BCUT2D eigenvalue weighted by Gasteiger charge is -2.16. The van der Waals surface area contributed by atoms with Gasteiger partial charge in [-0.1, -0.05) is 0 Å². The number of ether oxygens (including phenoxy) is 3. The molecule has 0 spiro atoms. The summed E-state index contributed by atoms with van der Waals surface area (Å²) < 4.78 is 16.6. The quantitative estimate of drug-likeness (QED) is 0.492. The van der Waals surface area contributed by atoms with Crippen LogP contribution in [0.1, 0.15) is 28.1 Å². The molecule has 0 fully saturated rings. The first kappa shape index (κ1) is 21.8. The summed E-state index contributed by atoms with van der Waals surface area (Å²) in [5.41, 5.74) is 2.12. The minimum Gasteiger partial charge on any atom is -0.493 e. The Morgan fingerprint density at radius 3 is 2.32 bits per heavy atom. The van der Waals surface area contributed by atoms with Gasteiger partial charge in [-0.2, -0.15) is 0 Å². The number of benzene rings is 1. The van der Waals surface area contributed by atoms with Crippen LogP contribution in [0, 0.1) is 13.8 Å². The maximum Gasteiger partial charge on any atom is 0.203 e. The number of hydrogen-bond acceptors (Lipinski definition) is 6. The van der Waals surface area contributed by atoms with E-state index in [4.69, 9.17) is 14.2 Å². The molecule has 7 nitrogen and oxygen atoms in total. The number of nitrogens with zero attached hydrogens (tertiary/aromatic N) is 2. The zero-order valence-electron chi connectivity index (χ0n) is 17.5. The van der Waals surface area contributed by atoms with Crippen molar-refractivity contribution in [3.8, 4) is 17.2 Å². The monoisotopic (exact) mass is 406 g/mol. The van der Waals surface area contributed by atoms with Crippen LogP contribution in [0.4, 0.5) is 0 Å². The van der Waals surface area contributed by atoms with Crippen LogP contribution in [-0.4, -0.2) is 45.4 Å². The van der Waals surface area contributed by atoms with Crippen molar-refractivity contribution in [2.24, 2.45) is 4.99 Å². The molecule has 0 saturated heterocycles. The number of aromatic nitrogens is 1. The summed E-state index contributed by atoms with van der Waals surface area (Å²) in [5, 5.41) is 7.77. The zero-order chi connectivity index (χ0) is 20.5. The van der Waals surface area contributed by atoms with E-state index in [1.54, 1.807) is 32.6 Å². The minimum absolute atomic E-state index is 0.541. The van der Waals surface area contributed by atoms with Crippen LogP contribution in [0.15, 0.2) is 17.1 Å². The van der Waals surface area contributed by atoms with Gasteiger partial charge in [0.1, 0.15) is 0 Å². The molecule has 0 aliphatic heterocycles. The highest BCUT2D eigenvalue weighted by Gasteiger charge is 2.14. The largest absolute Gasteiger partial charge is 0.493 e. The van der Waals surface area contributed by atoms with Crippen molar-refractivity contribution >= 4 is 17.3 Å². The molecule has 8 heteroatoms.